The first-order valence-corrected chi connectivity index (χ1v) is 16.5. The van der Waals surface area contributed by atoms with Crippen LogP contribution in [0.5, 0.6) is 0 Å². The normalized spacial score (nSPS) is 16.4. The van der Waals surface area contributed by atoms with Gasteiger partial charge >= 0.3 is 0 Å². The maximum Gasteiger partial charge on any atom is 0.279 e. The number of aromatic nitrogens is 2. The number of rotatable bonds is 11. The van der Waals surface area contributed by atoms with E-state index in [0.29, 0.717) is 33.3 Å². The number of nitrogens with zero attached hydrogens (tertiary/aromatic N) is 4. The van der Waals surface area contributed by atoms with Crippen molar-refractivity contribution in [1.82, 2.24) is 14.7 Å². The first-order chi connectivity index (χ1) is 23.2. The Labute approximate surface area is 286 Å². The van der Waals surface area contributed by atoms with Crippen molar-refractivity contribution in [1.29, 1.82) is 0 Å². The number of carbonyl (C=O) groups excluding carboxylic acids is 2. The SMILES string of the molecule is C[C@H](/C=C/CC(=O)N(CCO)Cc1ccccc1)[C@@]1(O)C(=O)N(Cc2cccc(-n3ncc4ccccc4c3=O)c2)c2ccc(Br)cc21. The molecular weight excluding hydrogens is 672 g/mol. The van der Waals surface area contributed by atoms with Crippen LogP contribution in [0.3, 0.4) is 0 Å². The second kappa shape index (κ2) is 14.1. The molecule has 1 aromatic heterocycles. The van der Waals surface area contributed by atoms with Gasteiger partial charge in [0.1, 0.15) is 0 Å². The standard InChI is InChI=1S/C38H35BrN4O5/c1-26(9-7-16-35(45)41(19-20-44)24-27-10-3-2-4-11-27)38(48)33-22-30(39)17-18-34(33)42(37(38)47)25-28-12-8-14-31(21-28)43-36(46)32-15-6-5-13-29(32)23-40-43/h2-15,17-18,21-23,26,44,48H,16,19-20,24-25H2,1H3/b9-7+/t26-,38+/m1/s1. The minimum absolute atomic E-state index is 0.0471. The molecule has 10 heteroatoms. The van der Waals surface area contributed by atoms with Crippen molar-refractivity contribution in [2.24, 2.45) is 5.92 Å². The number of aliphatic hydroxyl groups is 2. The van der Waals surface area contributed by atoms with Crippen molar-refractivity contribution in [3.05, 3.63) is 147 Å². The van der Waals surface area contributed by atoms with E-state index < -0.39 is 17.4 Å². The summed E-state index contributed by atoms with van der Waals surface area (Å²) in [5.74, 6) is -1.34. The van der Waals surface area contributed by atoms with Gasteiger partial charge in [-0.25, -0.2) is 0 Å². The second-order valence-corrected chi connectivity index (χ2v) is 12.8. The van der Waals surface area contributed by atoms with Gasteiger partial charge in [0.25, 0.3) is 11.5 Å². The van der Waals surface area contributed by atoms with Crippen LogP contribution in [0, 0.1) is 5.92 Å². The average Bonchev–Trinajstić information content (AvgIpc) is 3.30. The summed E-state index contributed by atoms with van der Waals surface area (Å²) in [5, 5.41) is 27.3. The van der Waals surface area contributed by atoms with Crippen LogP contribution in [-0.2, 0) is 28.3 Å². The van der Waals surface area contributed by atoms with Crippen LogP contribution in [0.4, 0.5) is 5.69 Å². The third-order valence-corrected chi connectivity index (χ3v) is 9.23. The van der Waals surface area contributed by atoms with E-state index in [2.05, 4.69) is 21.0 Å². The molecule has 48 heavy (non-hydrogen) atoms. The van der Waals surface area contributed by atoms with E-state index in [1.54, 1.807) is 59.3 Å². The van der Waals surface area contributed by atoms with E-state index in [9.17, 15) is 24.6 Å². The summed E-state index contributed by atoms with van der Waals surface area (Å²) < 4.78 is 2.05. The maximum absolute atomic E-state index is 14.1. The highest BCUT2D eigenvalue weighted by Crippen LogP contribution is 2.46. The molecule has 0 aliphatic carbocycles. The van der Waals surface area contributed by atoms with Gasteiger partial charge in [0.05, 0.1) is 36.1 Å². The zero-order chi connectivity index (χ0) is 33.8. The smallest absolute Gasteiger partial charge is 0.279 e. The first-order valence-electron chi connectivity index (χ1n) is 15.7. The van der Waals surface area contributed by atoms with Crippen molar-refractivity contribution in [2.75, 3.05) is 18.1 Å². The summed E-state index contributed by atoms with van der Waals surface area (Å²) in [6.07, 6.45) is 5.07. The van der Waals surface area contributed by atoms with E-state index in [1.807, 2.05) is 72.8 Å². The van der Waals surface area contributed by atoms with Gasteiger partial charge in [-0.2, -0.15) is 9.78 Å². The highest BCUT2D eigenvalue weighted by molar-refractivity contribution is 9.10. The number of anilines is 1. The molecule has 0 saturated carbocycles. The Morgan fingerprint density at radius 3 is 2.52 bits per heavy atom. The zero-order valence-electron chi connectivity index (χ0n) is 26.4. The molecule has 2 heterocycles. The number of hydrogen-bond donors (Lipinski definition) is 2. The van der Waals surface area contributed by atoms with Crippen LogP contribution in [0.15, 0.2) is 125 Å². The summed E-state index contributed by atoms with van der Waals surface area (Å²) in [6.45, 7) is 2.31. The fourth-order valence-corrected chi connectivity index (χ4v) is 6.54. The third-order valence-electron chi connectivity index (χ3n) is 8.74. The number of amides is 2. The number of benzene rings is 4. The Morgan fingerprint density at radius 1 is 0.979 bits per heavy atom. The fourth-order valence-electron chi connectivity index (χ4n) is 6.18. The largest absolute Gasteiger partial charge is 0.395 e. The highest BCUT2D eigenvalue weighted by atomic mass is 79.9. The maximum atomic E-state index is 14.1. The molecule has 0 saturated heterocycles. The molecule has 0 unspecified atom stereocenters. The highest BCUT2D eigenvalue weighted by Gasteiger charge is 2.52. The van der Waals surface area contributed by atoms with Gasteiger partial charge in [-0.05, 0) is 47.5 Å². The molecule has 6 rings (SSSR count). The Hall–Kier alpha value is -4.90. The van der Waals surface area contributed by atoms with Crippen LogP contribution >= 0.6 is 15.9 Å². The Balaban J connectivity index is 1.23. The van der Waals surface area contributed by atoms with Crippen LogP contribution in [0.1, 0.15) is 30.0 Å². The molecule has 2 N–H and O–H groups in total. The van der Waals surface area contributed by atoms with E-state index in [-0.39, 0.29) is 37.6 Å². The van der Waals surface area contributed by atoms with E-state index >= 15 is 0 Å². The number of carbonyl (C=O) groups is 2. The summed E-state index contributed by atoms with van der Waals surface area (Å²) in [6, 6.07) is 29.5. The molecule has 4 aromatic carbocycles. The lowest BCUT2D eigenvalue weighted by atomic mass is 9.83. The van der Waals surface area contributed by atoms with Gasteiger partial charge in [0.2, 0.25) is 5.91 Å². The quantitative estimate of drug-likeness (QED) is 0.176. The van der Waals surface area contributed by atoms with E-state index in [4.69, 9.17) is 0 Å². The van der Waals surface area contributed by atoms with Gasteiger partial charge < -0.3 is 20.0 Å². The molecule has 0 bridgehead atoms. The summed E-state index contributed by atoms with van der Waals surface area (Å²) in [5.41, 5.74) is 1.16. The molecule has 0 fully saturated rings. The minimum Gasteiger partial charge on any atom is -0.395 e. The van der Waals surface area contributed by atoms with Gasteiger partial charge in [-0.1, -0.05) is 95.7 Å². The molecule has 2 amide bonds. The molecule has 244 valence electrons. The Bertz CT molecular complexity index is 2060. The monoisotopic (exact) mass is 706 g/mol. The lowest BCUT2D eigenvalue weighted by Gasteiger charge is -2.28. The molecule has 9 nitrogen and oxygen atoms in total. The molecule has 1 aliphatic heterocycles. The summed E-state index contributed by atoms with van der Waals surface area (Å²) in [4.78, 5) is 43.6. The van der Waals surface area contributed by atoms with Crippen molar-refractivity contribution in [3.8, 4) is 5.69 Å². The van der Waals surface area contributed by atoms with E-state index in [1.165, 1.54) is 4.68 Å². The molecule has 0 spiro atoms. The van der Waals surface area contributed by atoms with Crippen molar-refractivity contribution in [2.45, 2.75) is 32.0 Å². The predicted molar refractivity (Wildman–Crippen MR) is 188 cm³/mol. The lowest BCUT2D eigenvalue weighted by Crippen LogP contribution is -2.44. The second-order valence-electron chi connectivity index (χ2n) is 11.9. The summed E-state index contributed by atoms with van der Waals surface area (Å²) in [7, 11) is 0. The molecule has 0 radical (unpaired) electrons. The Kier molecular flexibility index (Phi) is 9.68. The van der Waals surface area contributed by atoms with Crippen LogP contribution < -0.4 is 10.5 Å². The third kappa shape index (κ3) is 6.47. The van der Waals surface area contributed by atoms with Gasteiger partial charge in [-0.3, -0.25) is 14.4 Å². The lowest BCUT2D eigenvalue weighted by molar-refractivity contribution is -0.139. The molecule has 2 atom stereocenters. The first kappa shape index (κ1) is 33.0. The van der Waals surface area contributed by atoms with Crippen molar-refractivity contribution < 1.29 is 19.8 Å². The van der Waals surface area contributed by atoms with Gasteiger partial charge in [0, 0.05) is 40.9 Å². The number of fused-ring (bicyclic) bond motifs is 2. The summed E-state index contributed by atoms with van der Waals surface area (Å²) >= 11 is 3.49. The average molecular weight is 708 g/mol. The van der Waals surface area contributed by atoms with Gasteiger partial charge in [-0.15, -0.1) is 0 Å². The van der Waals surface area contributed by atoms with Gasteiger partial charge in [0.15, 0.2) is 5.60 Å². The topological polar surface area (TPSA) is 116 Å². The number of aliphatic hydroxyl groups excluding tert-OH is 1. The van der Waals surface area contributed by atoms with Crippen LogP contribution in [-0.4, -0.2) is 49.9 Å². The number of hydrogen-bond acceptors (Lipinski definition) is 6. The van der Waals surface area contributed by atoms with Crippen molar-refractivity contribution >= 4 is 44.2 Å². The van der Waals surface area contributed by atoms with Crippen LogP contribution in [0.2, 0.25) is 0 Å². The zero-order valence-corrected chi connectivity index (χ0v) is 28.0. The Morgan fingerprint density at radius 2 is 1.73 bits per heavy atom. The predicted octanol–water partition coefficient (Wildman–Crippen LogP) is 5.49. The molecule has 5 aromatic rings. The minimum atomic E-state index is -1.89. The number of halogens is 1. The fraction of sp³-hybridized carbons (Fsp3) is 0.211. The molecule has 1 aliphatic rings. The van der Waals surface area contributed by atoms with Crippen LogP contribution in [0.25, 0.3) is 16.5 Å². The van der Waals surface area contributed by atoms with E-state index in [0.717, 1.165) is 16.5 Å². The molecular formula is C38H35BrN4O5. The van der Waals surface area contributed by atoms with Crippen molar-refractivity contribution in [3.63, 3.8) is 0 Å².